The highest BCUT2D eigenvalue weighted by atomic mass is 32.2. The predicted molar refractivity (Wildman–Crippen MR) is 123 cm³/mol. The van der Waals surface area contributed by atoms with Crippen LogP contribution in [0.3, 0.4) is 0 Å². The number of nitrogens with zero attached hydrogens (tertiary/aromatic N) is 2. The Kier molecular flexibility index (Phi) is 8.25. The zero-order chi connectivity index (χ0) is 22.2. The summed E-state index contributed by atoms with van der Waals surface area (Å²) < 4.78 is 2.17. The lowest BCUT2D eigenvalue weighted by Gasteiger charge is -2.24. The molecule has 0 bridgehead atoms. The van der Waals surface area contributed by atoms with Crippen molar-refractivity contribution >= 4 is 23.8 Å². The van der Waals surface area contributed by atoms with Gasteiger partial charge in [-0.25, -0.2) is 9.79 Å². The van der Waals surface area contributed by atoms with Crippen molar-refractivity contribution < 1.29 is 14.8 Å². The van der Waals surface area contributed by atoms with Crippen LogP contribution in [-0.2, 0) is 4.79 Å². The SMILES string of the molecule is CN(C)CCNC(=O)c1ccc(-c2ccc(SN3CC=C(C(=O)NO)CC3)cc2)cc1. The Bertz CT molecular complexity index is 927. The quantitative estimate of drug-likeness (QED) is 0.333. The van der Waals surface area contributed by atoms with E-state index in [1.54, 1.807) is 17.4 Å². The first-order valence-corrected chi connectivity index (χ1v) is 10.9. The third-order valence-electron chi connectivity index (χ3n) is 4.98. The van der Waals surface area contributed by atoms with E-state index in [9.17, 15) is 9.59 Å². The molecule has 8 heteroatoms. The summed E-state index contributed by atoms with van der Waals surface area (Å²) in [6.45, 7) is 2.81. The molecular formula is C23H28N4O3S. The van der Waals surface area contributed by atoms with Gasteiger partial charge in [0.15, 0.2) is 0 Å². The number of carbonyl (C=O) groups excluding carboxylic acids is 2. The standard InChI is InChI=1S/C23H28N4O3S/c1-26(2)16-13-24-22(28)19-5-3-17(4-6-19)18-7-9-21(10-8-18)31-27-14-11-20(12-15-27)23(29)25-30/h3-11,30H,12-16H2,1-2H3,(H,24,28)(H,25,29). The molecule has 0 atom stereocenters. The summed E-state index contributed by atoms with van der Waals surface area (Å²) in [7, 11) is 3.95. The van der Waals surface area contributed by atoms with Crippen molar-refractivity contribution in [1.82, 2.24) is 20.0 Å². The van der Waals surface area contributed by atoms with E-state index in [0.717, 1.165) is 29.1 Å². The lowest BCUT2D eigenvalue weighted by molar-refractivity contribution is -0.125. The topological polar surface area (TPSA) is 84.9 Å². The number of hydrogen-bond acceptors (Lipinski definition) is 6. The number of rotatable bonds is 8. The van der Waals surface area contributed by atoms with Crippen LogP contribution in [0.5, 0.6) is 0 Å². The lowest BCUT2D eigenvalue weighted by atomic mass is 10.0. The highest BCUT2D eigenvalue weighted by Gasteiger charge is 2.17. The van der Waals surface area contributed by atoms with Gasteiger partial charge in [0.2, 0.25) is 0 Å². The minimum Gasteiger partial charge on any atom is -0.351 e. The Labute approximate surface area is 187 Å². The van der Waals surface area contributed by atoms with Crippen LogP contribution in [0.1, 0.15) is 16.8 Å². The number of amides is 2. The van der Waals surface area contributed by atoms with Crippen LogP contribution in [0.4, 0.5) is 0 Å². The molecule has 1 aliphatic heterocycles. The fourth-order valence-electron chi connectivity index (χ4n) is 3.18. The monoisotopic (exact) mass is 440 g/mol. The molecule has 0 aromatic heterocycles. The summed E-state index contributed by atoms with van der Waals surface area (Å²) in [6.07, 6.45) is 2.45. The van der Waals surface area contributed by atoms with E-state index in [2.05, 4.69) is 33.9 Å². The smallest absolute Gasteiger partial charge is 0.270 e. The summed E-state index contributed by atoms with van der Waals surface area (Å²) in [5, 5.41) is 11.6. The van der Waals surface area contributed by atoms with Gasteiger partial charge in [0.05, 0.1) is 0 Å². The Morgan fingerprint density at radius 1 is 1.03 bits per heavy atom. The third kappa shape index (κ3) is 6.67. The maximum absolute atomic E-state index is 12.2. The van der Waals surface area contributed by atoms with E-state index >= 15 is 0 Å². The van der Waals surface area contributed by atoms with Crippen molar-refractivity contribution in [2.24, 2.45) is 0 Å². The largest absolute Gasteiger partial charge is 0.351 e. The van der Waals surface area contributed by atoms with Crippen molar-refractivity contribution in [1.29, 1.82) is 0 Å². The minimum absolute atomic E-state index is 0.0599. The Morgan fingerprint density at radius 3 is 2.23 bits per heavy atom. The Morgan fingerprint density at radius 2 is 1.68 bits per heavy atom. The number of carbonyl (C=O) groups is 2. The molecular weight excluding hydrogens is 412 g/mol. The van der Waals surface area contributed by atoms with Crippen LogP contribution in [0, 0.1) is 0 Å². The molecule has 0 spiro atoms. The van der Waals surface area contributed by atoms with E-state index in [1.807, 2.05) is 49.3 Å². The predicted octanol–water partition coefficient (Wildman–Crippen LogP) is 2.79. The summed E-state index contributed by atoms with van der Waals surface area (Å²) in [5.74, 6) is -0.485. The van der Waals surface area contributed by atoms with E-state index in [-0.39, 0.29) is 5.91 Å². The molecule has 164 valence electrons. The number of likely N-dealkylation sites (N-methyl/N-ethyl adjacent to an activating group) is 1. The number of hydrogen-bond donors (Lipinski definition) is 3. The summed E-state index contributed by atoms with van der Waals surface area (Å²) >= 11 is 1.64. The van der Waals surface area contributed by atoms with Crippen LogP contribution in [-0.4, -0.2) is 66.5 Å². The van der Waals surface area contributed by atoms with Gasteiger partial charge in [-0.2, -0.15) is 0 Å². The molecule has 31 heavy (non-hydrogen) atoms. The van der Waals surface area contributed by atoms with Crippen LogP contribution in [0.25, 0.3) is 11.1 Å². The van der Waals surface area contributed by atoms with Gasteiger partial charge in [-0.1, -0.05) is 30.3 Å². The summed E-state index contributed by atoms with van der Waals surface area (Å²) in [4.78, 5) is 26.8. The molecule has 0 saturated carbocycles. The molecule has 7 nitrogen and oxygen atoms in total. The second kappa shape index (κ2) is 11.1. The Hall–Kier alpha value is -2.65. The number of hydroxylamine groups is 1. The second-order valence-corrected chi connectivity index (χ2v) is 8.73. The molecule has 2 aromatic rings. The molecule has 3 N–H and O–H groups in total. The van der Waals surface area contributed by atoms with Crippen LogP contribution >= 0.6 is 11.9 Å². The minimum atomic E-state index is -0.425. The first-order chi connectivity index (χ1) is 15.0. The van der Waals surface area contributed by atoms with Crippen molar-refractivity contribution in [2.45, 2.75) is 11.3 Å². The summed E-state index contributed by atoms with van der Waals surface area (Å²) in [6, 6.07) is 15.9. The zero-order valence-corrected chi connectivity index (χ0v) is 18.6. The van der Waals surface area contributed by atoms with E-state index < -0.39 is 5.91 Å². The molecule has 0 saturated heterocycles. The molecule has 1 aliphatic rings. The fraction of sp³-hybridized carbons (Fsp3) is 0.304. The molecule has 3 rings (SSSR count). The van der Waals surface area contributed by atoms with Crippen molar-refractivity contribution in [3.8, 4) is 11.1 Å². The average molecular weight is 441 g/mol. The second-order valence-electron chi connectivity index (χ2n) is 7.56. The van der Waals surface area contributed by atoms with Crippen LogP contribution in [0.2, 0.25) is 0 Å². The van der Waals surface area contributed by atoms with Gasteiger partial charge in [-0.15, -0.1) is 0 Å². The zero-order valence-electron chi connectivity index (χ0n) is 17.8. The lowest BCUT2D eigenvalue weighted by Crippen LogP contribution is -2.31. The van der Waals surface area contributed by atoms with Crippen molar-refractivity contribution in [3.63, 3.8) is 0 Å². The number of nitrogens with one attached hydrogen (secondary N) is 2. The molecule has 2 aromatic carbocycles. The number of benzene rings is 2. The van der Waals surface area contributed by atoms with E-state index in [0.29, 0.717) is 30.6 Å². The third-order valence-corrected chi connectivity index (χ3v) is 6.05. The highest BCUT2D eigenvalue weighted by Crippen LogP contribution is 2.28. The Balaban J connectivity index is 1.55. The maximum atomic E-state index is 12.2. The molecule has 0 unspecified atom stereocenters. The average Bonchev–Trinajstić information content (AvgIpc) is 2.79. The van der Waals surface area contributed by atoms with Crippen molar-refractivity contribution in [3.05, 3.63) is 65.7 Å². The molecule has 2 amide bonds. The normalized spacial score (nSPS) is 14.3. The van der Waals surface area contributed by atoms with Gasteiger partial charge in [0.1, 0.15) is 0 Å². The molecule has 0 radical (unpaired) electrons. The van der Waals surface area contributed by atoms with Gasteiger partial charge >= 0.3 is 0 Å². The molecule has 1 heterocycles. The first kappa shape index (κ1) is 23.0. The van der Waals surface area contributed by atoms with E-state index in [1.165, 1.54) is 0 Å². The van der Waals surface area contributed by atoms with E-state index in [4.69, 9.17) is 5.21 Å². The van der Waals surface area contributed by atoms with Gasteiger partial charge in [0, 0.05) is 42.2 Å². The van der Waals surface area contributed by atoms with Crippen LogP contribution < -0.4 is 10.8 Å². The molecule has 0 fully saturated rings. The maximum Gasteiger partial charge on any atom is 0.270 e. The first-order valence-electron chi connectivity index (χ1n) is 10.2. The van der Waals surface area contributed by atoms with Gasteiger partial charge in [0.25, 0.3) is 11.8 Å². The van der Waals surface area contributed by atoms with Gasteiger partial charge in [-0.3, -0.25) is 14.8 Å². The summed E-state index contributed by atoms with van der Waals surface area (Å²) in [5.41, 5.74) is 5.10. The fourth-order valence-corrected chi connectivity index (χ4v) is 4.07. The van der Waals surface area contributed by atoms with Crippen molar-refractivity contribution in [2.75, 3.05) is 40.3 Å². The van der Waals surface area contributed by atoms with Crippen LogP contribution in [0.15, 0.2) is 65.1 Å². The molecule has 0 aliphatic carbocycles. The van der Waals surface area contributed by atoms with Gasteiger partial charge < -0.3 is 10.2 Å². The van der Waals surface area contributed by atoms with Gasteiger partial charge in [-0.05, 0) is 67.9 Å². The highest BCUT2D eigenvalue weighted by molar-refractivity contribution is 7.97.